The number of aliphatic hydroxyl groups excluding tert-OH is 1. The molecule has 3 nitrogen and oxygen atoms in total. The highest BCUT2D eigenvalue weighted by atomic mass is 16.5. The average molecular weight is 143 g/mol. The highest BCUT2D eigenvalue weighted by Crippen LogP contribution is 2.44. The molecule has 2 rings (SSSR count). The number of fused-ring (bicyclic) bond motifs is 2. The first-order chi connectivity index (χ1) is 4.63. The molecule has 2 bridgehead atoms. The molecule has 3 atom stereocenters. The maximum absolute atomic E-state index is 9.43. The molecule has 0 aromatic heterocycles. The molecule has 2 N–H and O–H groups in total. The lowest BCUT2D eigenvalue weighted by Crippen LogP contribution is -2.35. The molecule has 0 radical (unpaired) electrons. The maximum Gasteiger partial charge on any atom is 0.0737 e. The van der Waals surface area contributed by atoms with Crippen LogP contribution in [0.2, 0.25) is 0 Å². The Balaban J connectivity index is 2.26. The third kappa shape index (κ3) is 0.603. The summed E-state index contributed by atoms with van der Waals surface area (Å²) in [5.41, 5.74) is -0.121. The molecule has 0 amide bonds. The van der Waals surface area contributed by atoms with Crippen LogP contribution in [0.1, 0.15) is 26.2 Å². The van der Waals surface area contributed by atoms with Gasteiger partial charge in [-0.05, 0) is 26.2 Å². The van der Waals surface area contributed by atoms with Crippen LogP contribution in [0.25, 0.3) is 0 Å². The predicted octanol–water partition coefficient (Wildman–Crippen LogP) is 0.363. The molecule has 0 aromatic carbocycles. The SMILES string of the molecule is CC12CCC(C(O)C1)N2O. The van der Waals surface area contributed by atoms with Crippen molar-refractivity contribution in [2.75, 3.05) is 0 Å². The van der Waals surface area contributed by atoms with E-state index in [4.69, 9.17) is 0 Å². The second-order valence-corrected chi connectivity index (χ2v) is 3.72. The Morgan fingerprint density at radius 2 is 2.30 bits per heavy atom. The summed E-state index contributed by atoms with van der Waals surface area (Å²) in [6, 6.07) is 0.0185. The van der Waals surface area contributed by atoms with E-state index in [2.05, 4.69) is 0 Å². The summed E-state index contributed by atoms with van der Waals surface area (Å²) in [5.74, 6) is 0. The Bertz CT molecular complexity index is 162. The van der Waals surface area contributed by atoms with Gasteiger partial charge in [-0.25, -0.2) is 0 Å². The van der Waals surface area contributed by atoms with Gasteiger partial charge in [0.15, 0.2) is 0 Å². The maximum atomic E-state index is 9.43. The summed E-state index contributed by atoms with van der Waals surface area (Å²) in [5, 5.41) is 20.1. The fourth-order valence-corrected chi connectivity index (χ4v) is 2.23. The largest absolute Gasteiger partial charge is 0.391 e. The van der Waals surface area contributed by atoms with Crippen LogP contribution in [0.15, 0.2) is 0 Å². The van der Waals surface area contributed by atoms with Gasteiger partial charge in [-0.3, -0.25) is 0 Å². The zero-order valence-electron chi connectivity index (χ0n) is 6.12. The molecule has 2 saturated heterocycles. The number of nitrogens with zero attached hydrogens (tertiary/aromatic N) is 1. The van der Waals surface area contributed by atoms with Crippen molar-refractivity contribution in [1.82, 2.24) is 5.06 Å². The average Bonchev–Trinajstić information content (AvgIpc) is 2.20. The normalized spacial score (nSPS) is 54.3. The smallest absolute Gasteiger partial charge is 0.0737 e. The molecule has 2 aliphatic rings. The fraction of sp³-hybridized carbons (Fsp3) is 1.00. The zero-order chi connectivity index (χ0) is 7.35. The quantitative estimate of drug-likeness (QED) is 0.514. The van der Waals surface area contributed by atoms with Crippen LogP contribution < -0.4 is 0 Å². The van der Waals surface area contributed by atoms with E-state index in [0.29, 0.717) is 0 Å². The van der Waals surface area contributed by atoms with Crippen molar-refractivity contribution in [3.8, 4) is 0 Å². The Hall–Kier alpha value is -0.120. The molecule has 0 spiro atoms. The Kier molecular flexibility index (Phi) is 1.14. The number of rotatable bonds is 0. The molecule has 0 aromatic rings. The minimum Gasteiger partial charge on any atom is -0.391 e. The Labute approximate surface area is 60.2 Å². The number of hydrogen-bond acceptors (Lipinski definition) is 3. The lowest BCUT2D eigenvalue weighted by molar-refractivity contribution is -0.147. The van der Waals surface area contributed by atoms with Gasteiger partial charge in [0.25, 0.3) is 0 Å². The predicted molar refractivity (Wildman–Crippen MR) is 35.7 cm³/mol. The van der Waals surface area contributed by atoms with Gasteiger partial charge in [0.1, 0.15) is 0 Å². The molecule has 0 saturated carbocycles. The molecular formula is C7H13NO2. The minimum absolute atomic E-state index is 0.0185. The van der Waals surface area contributed by atoms with Gasteiger partial charge in [-0.1, -0.05) is 0 Å². The molecular weight excluding hydrogens is 130 g/mol. The fourth-order valence-electron chi connectivity index (χ4n) is 2.23. The molecule has 3 heteroatoms. The molecule has 0 aliphatic carbocycles. The van der Waals surface area contributed by atoms with E-state index in [9.17, 15) is 10.3 Å². The van der Waals surface area contributed by atoms with Crippen molar-refractivity contribution in [1.29, 1.82) is 0 Å². The van der Waals surface area contributed by atoms with E-state index in [1.54, 1.807) is 0 Å². The minimum atomic E-state index is -0.302. The van der Waals surface area contributed by atoms with E-state index in [-0.39, 0.29) is 17.7 Å². The molecule has 58 valence electrons. The van der Waals surface area contributed by atoms with Gasteiger partial charge < -0.3 is 10.3 Å². The van der Waals surface area contributed by atoms with E-state index in [0.717, 1.165) is 19.3 Å². The lowest BCUT2D eigenvalue weighted by Gasteiger charge is -2.24. The zero-order valence-corrected chi connectivity index (χ0v) is 6.12. The van der Waals surface area contributed by atoms with Crippen LogP contribution in [0, 0.1) is 0 Å². The second kappa shape index (κ2) is 1.72. The van der Waals surface area contributed by atoms with Crippen LogP contribution in [0.3, 0.4) is 0 Å². The number of aliphatic hydroxyl groups is 1. The van der Waals surface area contributed by atoms with Crippen molar-refractivity contribution in [2.24, 2.45) is 0 Å². The third-order valence-electron chi connectivity index (χ3n) is 2.94. The highest BCUT2D eigenvalue weighted by molar-refractivity contribution is 5.05. The van der Waals surface area contributed by atoms with Crippen molar-refractivity contribution in [3.63, 3.8) is 0 Å². The Morgan fingerprint density at radius 1 is 1.60 bits per heavy atom. The molecule has 3 unspecified atom stereocenters. The van der Waals surface area contributed by atoms with Crippen molar-refractivity contribution in [2.45, 2.75) is 43.9 Å². The standard InChI is InChI=1S/C7H13NO2/c1-7-3-2-5(8(7)10)6(9)4-7/h5-6,9-10H,2-4H2,1H3. The first-order valence-corrected chi connectivity index (χ1v) is 3.80. The Morgan fingerprint density at radius 3 is 2.50 bits per heavy atom. The number of hydroxylamine groups is 2. The van der Waals surface area contributed by atoms with Crippen LogP contribution >= 0.6 is 0 Å². The first kappa shape index (κ1) is 6.58. The molecule has 2 heterocycles. The summed E-state index contributed by atoms with van der Waals surface area (Å²) in [7, 11) is 0. The van der Waals surface area contributed by atoms with Gasteiger partial charge in [0, 0.05) is 5.54 Å². The van der Waals surface area contributed by atoms with E-state index in [1.807, 2.05) is 6.92 Å². The summed E-state index contributed by atoms with van der Waals surface area (Å²) in [6.45, 7) is 2.00. The lowest BCUT2D eigenvalue weighted by atomic mass is 9.88. The van der Waals surface area contributed by atoms with Crippen LogP contribution in [-0.4, -0.2) is 33.1 Å². The van der Waals surface area contributed by atoms with E-state index >= 15 is 0 Å². The van der Waals surface area contributed by atoms with E-state index < -0.39 is 0 Å². The van der Waals surface area contributed by atoms with E-state index in [1.165, 1.54) is 5.06 Å². The third-order valence-corrected chi connectivity index (χ3v) is 2.94. The van der Waals surface area contributed by atoms with Crippen molar-refractivity contribution in [3.05, 3.63) is 0 Å². The first-order valence-electron chi connectivity index (χ1n) is 3.80. The molecule has 2 aliphatic heterocycles. The monoisotopic (exact) mass is 143 g/mol. The van der Waals surface area contributed by atoms with Gasteiger partial charge in [-0.2, -0.15) is 5.06 Å². The summed E-state index contributed by atoms with van der Waals surface area (Å²) < 4.78 is 0. The van der Waals surface area contributed by atoms with Gasteiger partial charge in [0.05, 0.1) is 12.1 Å². The molecule has 2 fully saturated rings. The van der Waals surface area contributed by atoms with Crippen LogP contribution in [0.5, 0.6) is 0 Å². The van der Waals surface area contributed by atoms with Gasteiger partial charge in [0.2, 0.25) is 0 Å². The van der Waals surface area contributed by atoms with Gasteiger partial charge in [-0.15, -0.1) is 0 Å². The topological polar surface area (TPSA) is 43.7 Å². The number of hydrogen-bond donors (Lipinski definition) is 2. The van der Waals surface area contributed by atoms with Gasteiger partial charge >= 0.3 is 0 Å². The van der Waals surface area contributed by atoms with Crippen LogP contribution in [-0.2, 0) is 0 Å². The van der Waals surface area contributed by atoms with Crippen molar-refractivity contribution < 1.29 is 10.3 Å². The summed E-state index contributed by atoms with van der Waals surface area (Å²) in [6.07, 6.45) is 2.39. The second-order valence-electron chi connectivity index (χ2n) is 3.72. The van der Waals surface area contributed by atoms with Crippen molar-refractivity contribution >= 4 is 0 Å². The summed E-state index contributed by atoms with van der Waals surface area (Å²) >= 11 is 0. The molecule has 10 heavy (non-hydrogen) atoms. The van der Waals surface area contributed by atoms with Crippen LogP contribution in [0.4, 0.5) is 0 Å². The highest BCUT2D eigenvalue weighted by Gasteiger charge is 2.53. The summed E-state index contributed by atoms with van der Waals surface area (Å²) in [4.78, 5) is 0.